The Morgan fingerprint density at radius 3 is 2.16 bits per heavy atom. The van der Waals surface area contributed by atoms with E-state index in [1.54, 1.807) is 19.9 Å². The summed E-state index contributed by atoms with van der Waals surface area (Å²) < 4.78 is 5.18. The first-order valence-electron chi connectivity index (χ1n) is 18.7. The van der Waals surface area contributed by atoms with E-state index in [4.69, 9.17) is 4.74 Å². The van der Waals surface area contributed by atoms with Crippen molar-refractivity contribution in [2.45, 2.75) is 83.0 Å². The molecule has 4 amide bonds. The fourth-order valence-electron chi connectivity index (χ4n) is 6.70. The van der Waals surface area contributed by atoms with Crippen LogP contribution in [0.25, 0.3) is 0 Å². The van der Waals surface area contributed by atoms with Gasteiger partial charge in [-0.15, -0.1) is 11.8 Å². The van der Waals surface area contributed by atoms with Crippen molar-refractivity contribution in [3.63, 3.8) is 0 Å². The van der Waals surface area contributed by atoms with E-state index in [9.17, 15) is 24.3 Å². The summed E-state index contributed by atoms with van der Waals surface area (Å²) in [5.41, 5.74) is 4.98. The zero-order chi connectivity index (χ0) is 39.5. The van der Waals surface area contributed by atoms with Crippen LogP contribution in [0.15, 0.2) is 109 Å². The van der Waals surface area contributed by atoms with Crippen LogP contribution < -0.4 is 20.7 Å². The standard InChI is InChI=1S/C44H52N4O6S/c1-29(2)38(47-37(49)27-54-35-22-14-20-33(24-35)23-31-16-8-6-9-17-31)41(51)46-36(25-32-18-10-7-11-19-32)39(50)43(53)48-28-55-44(4,5)40(48)42(52)45-26-34-21-13-12-15-30(34)3/h6-22,24,29,36,38-40,50H,23,25-28H2,1-5H3,(H,45,52)(H,46,51)(H,47,49)/t36-,38-,39-,40+/m0/s1. The van der Waals surface area contributed by atoms with E-state index in [1.165, 1.54) is 16.7 Å². The Hall–Kier alpha value is -5.13. The third kappa shape index (κ3) is 11.2. The van der Waals surface area contributed by atoms with E-state index in [1.807, 2.05) is 124 Å². The summed E-state index contributed by atoms with van der Waals surface area (Å²) in [6.45, 7) is 9.37. The summed E-state index contributed by atoms with van der Waals surface area (Å²) in [7, 11) is 0. The predicted octanol–water partition coefficient (Wildman–Crippen LogP) is 5.19. The van der Waals surface area contributed by atoms with Crippen molar-refractivity contribution in [2.75, 3.05) is 12.5 Å². The SMILES string of the molecule is Cc1ccccc1CNC(=O)[C@H]1N(C(=O)[C@@H](O)[C@H](Cc2ccccc2)NC(=O)[C@@H](NC(=O)COc2cccc(Cc3ccccc3)c2)C(C)C)CSC1(C)C. The second kappa shape index (κ2) is 19.0. The summed E-state index contributed by atoms with van der Waals surface area (Å²) in [5.74, 6) is -1.64. The Kier molecular flexibility index (Phi) is 14.1. The second-order valence-corrected chi connectivity index (χ2v) is 16.5. The van der Waals surface area contributed by atoms with Gasteiger partial charge in [-0.1, -0.05) is 111 Å². The van der Waals surface area contributed by atoms with Crippen molar-refractivity contribution in [3.05, 3.63) is 137 Å². The van der Waals surface area contributed by atoms with Gasteiger partial charge in [0, 0.05) is 11.3 Å². The molecule has 4 atom stereocenters. The van der Waals surface area contributed by atoms with Gasteiger partial charge in [-0.25, -0.2) is 0 Å². The lowest BCUT2D eigenvalue weighted by molar-refractivity contribution is -0.148. The molecule has 1 fully saturated rings. The van der Waals surface area contributed by atoms with Crippen LogP contribution >= 0.6 is 11.8 Å². The molecule has 0 spiro atoms. The average Bonchev–Trinajstić information content (AvgIpc) is 3.50. The van der Waals surface area contributed by atoms with E-state index < -0.39 is 46.7 Å². The third-order valence-corrected chi connectivity index (χ3v) is 11.2. The highest BCUT2D eigenvalue weighted by atomic mass is 32.2. The van der Waals surface area contributed by atoms with Crippen molar-refractivity contribution in [3.8, 4) is 5.75 Å². The van der Waals surface area contributed by atoms with Crippen molar-refractivity contribution >= 4 is 35.4 Å². The number of hydrogen-bond donors (Lipinski definition) is 4. The lowest BCUT2D eigenvalue weighted by Crippen LogP contribution is -2.60. The predicted molar refractivity (Wildman–Crippen MR) is 216 cm³/mol. The molecule has 0 aromatic heterocycles. The van der Waals surface area contributed by atoms with Gasteiger partial charge in [-0.2, -0.15) is 0 Å². The van der Waals surface area contributed by atoms with E-state index in [-0.39, 0.29) is 30.7 Å². The molecule has 1 aliphatic heterocycles. The second-order valence-electron chi connectivity index (χ2n) is 14.9. The highest BCUT2D eigenvalue weighted by Crippen LogP contribution is 2.40. The molecule has 55 heavy (non-hydrogen) atoms. The normalized spacial score (nSPS) is 16.5. The molecule has 1 saturated heterocycles. The molecule has 0 unspecified atom stereocenters. The zero-order valence-corrected chi connectivity index (χ0v) is 33.0. The van der Waals surface area contributed by atoms with E-state index >= 15 is 0 Å². The molecule has 4 aromatic rings. The average molecular weight is 765 g/mol. The van der Waals surface area contributed by atoms with E-state index in [0.29, 0.717) is 18.7 Å². The molecule has 4 aromatic carbocycles. The van der Waals surface area contributed by atoms with Crippen LogP contribution in [0.5, 0.6) is 5.75 Å². The van der Waals surface area contributed by atoms with Crippen molar-refractivity contribution < 1.29 is 29.0 Å². The van der Waals surface area contributed by atoms with Gasteiger partial charge in [0.2, 0.25) is 11.8 Å². The maximum Gasteiger partial charge on any atom is 0.258 e. The number of aliphatic hydroxyl groups excluding tert-OH is 1. The maximum absolute atomic E-state index is 14.2. The number of thioether (sulfide) groups is 1. The number of rotatable bonds is 16. The molecular weight excluding hydrogens is 713 g/mol. The third-order valence-electron chi connectivity index (χ3n) is 9.84. The fraction of sp³-hybridized carbons (Fsp3) is 0.364. The number of amides is 4. The van der Waals surface area contributed by atoms with Crippen molar-refractivity contribution in [2.24, 2.45) is 5.92 Å². The highest BCUT2D eigenvalue weighted by Gasteiger charge is 2.50. The molecular formula is C44H52N4O6S. The highest BCUT2D eigenvalue weighted by molar-refractivity contribution is 8.00. The number of aliphatic hydroxyl groups is 1. The number of carbonyl (C=O) groups excluding carboxylic acids is 4. The Labute approximate surface area is 328 Å². The van der Waals surface area contributed by atoms with Crippen LogP contribution in [0.4, 0.5) is 0 Å². The van der Waals surface area contributed by atoms with E-state index in [2.05, 4.69) is 16.0 Å². The Bertz CT molecular complexity index is 1920. The lowest BCUT2D eigenvalue weighted by atomic mass is 9.96. The summed E-state index contributed by atoms with van der Waals surface area (Å²) in [4.78, 5) is 56.3. The van der Waals surface area contributed by atoms with Crippen LogP contribution in [0.2, 0.25) is 0 Å². The van der Waals surface area contributed by atoms with Gasteiger partial charge in [0.25, 0.3) is 11.8 Å². The van der Waals surface area contributed by atoms with Crippen LogP contribution in [0, 0.1) is 12.8 Å². The number of benzene rings is 4. The quantitative estimate of drug-likeness (QED) is 0.123. The molecule has 0 radical (unpaired) electrons. The van der Waals surface area contributed by atoms with Crippen molar-refractivity contribution in [1.29, 1.82) is 0 Å². The van der Waals surface area contributed by atoms with Gasteiger partial charge in [0.1, 0.15) is 17.8 Å². The largest absolute Gasteiger partial charge is 0.484 e. The van der Waals surface area contributed by atoms with Crippen LogP contribution in [-0.4, -0.2) is 75.1 Å². The minimum atomic E-state index is -1.68. The van der Waals surface area contributed by atoms with Gasteiger partial charge < -0.3 is 30.7 Å². The minimum absolute atomic E-state index is 0.134. The number of hydrogen-bond acceptors (Lipinski definition) is 7. The smallest absolute Gasteiger partial charge is 0.258 e. The monoisotopic (exact) mass is 764 g/mol. The Balaban J connectivity index is 1.26. The maximum atomic E-state index is 14.2. The van der Waals surface area contributed by atoms with Crippen LogP contribution in [0.1, 0.15) is 55.5 Å². The van der Waals surface area contributed by atoms with Gasteiger partial charge in [-0.05, 0) is 79.5 Å². The van der Waals surface area contributed by atoms with Gasteiger partial charge in [-0.3, -0.25) is 19.2 Å². The van der Waals surface area contributed by atoms with Gasteiger partial charge in [0.15, 0.2) is 12.7 Å². The minimum Gasteiger partial charge on any atom is -0.484 e. The lowest BCUT2D eigenvalue weighted by Gasteiger charge is -2.34. The van der Waals surface area contributed by atoms with Crippen molar-refractivity contribution in [1.82, 2.24) is 20.9 Å². The van der Waals surface area contributed by atoms with Crippen LogP contribution in [-0.2, 0) is 38.6 Å². The zero-order valence-electron chi connectivity index (χ0n) is 32.2. The number of nitrogens with one attached hydrogen (secondary N) is 3. The number of aryl methyl sites for hydroxylation is 1. The molecule has 0 bridgehead atoms. The molecule has 4 N–H and O–H groups in total. The number of ether oxygens (including phenoxy) is 1. The van der Waals surface area contributed by atoms with Crippen LogP contribution in [0.3, 0.4) is 0 Å². The molecule has 5 rings (SSSR count). The molecule has 0 aliphatic carbocycles. The first-order chi connectivity index (χ1) is 26.3. The first kappa shape index (κ1) is 41.0. The first-order valence-corrected chi connectivity index (χ1v) is 19.6. The van der Waals surface area contributed by atoms with Gasteiger partial charge in [0.05, 0.1) is 11.9 Å². The Morgan fingerprint density at radius 2 is 1.49 bits per heavy atom. The molecule has 1 heterocycles. The molecule has 11 heteroatoms. The fourth-order valence-corrected chi connectivity index (χ4v) is 7.84. The summed E-state index contributed by atoms with van der Waals surface area (Å²) in [6.07, 6.45) is -0.829. The summed E-state index contributed by atoms with van der Waals surface area (Å²) >= 11 is 1.45. The Morgan fingerprint density at radius 1 is 0.855 bits per heavy atom. The van der Waals surface area contributed by atoms with Gasteiger partial charge >= 0.3 is 0 Å². The topological polar surface area (TPSA) is 137 Å². The number of carbonyl (C=O) groups is 4. The molecule has 1 aliphatic rings. The molecule has 290 valence electrons. The summed E-state index contributed by atoms with van der Waals surface area (Å²) in [6, 6.07) is 31.7. The van der Waals surface area contributed by atoms with E-state index in [0.717, 1.165) is 27.8 Å². The summed E-state index contributed by atoms with van der Waals surface area (Å²) in [5, 5.41) is 20.4. The molecule has 10 nitrogen and oxygen atoms in total. The molecule has 0 saturated carbocycles. The number of nitrogens with zero attached hydrogens (tertiary/aromatic N) is 1.